The summed E-state index contributed by atoms with van der Waals surface area (Å²) in [5.41, 5.74) is -0.668. The zero-order valence-corrected chi connectivity index (χ0v) is 9.36. The molecule has 0 radical (unpaired) electrons. The van der Waals surface area contributed by atoms with Gasteiger partial charge in [-0.3, -0.25) is 4.98 Å². The van der Waals surface area contributed by atoms with E-state index in [2.05, 4.69) is 25.7 Å². The molecule has 0 aliphatic carbocycles. The molecule has 0 fully saturated rings. The highest BCUT2D eigenvalue weighted by Crippen LogP contribution is 2.37. The van der Waals surface area contributed by atoms with E-state index < -0.39 is 28.6 Å². The minimum absolute atomic E-state index is 0.0589. The van der Waals surface area contributed by atoms with Crippen LogP contribution in [0.4, 0.5) is 22.0 Å². The first kappa shape index (κ1) is 13.1. The zero-order chi connectivity index (χ0) is 12.5. The first-order chi connectivity index (χ1) is 7.22. The second-order valence-electron chi connectivity index (χ2n) is 2.78. The second kappa shape index (κ2) is 4.52. The van der Waals surface area contributed by atoms with Crippen LogP contribution in [0.3, 0.4) is 0 Å². The molecular weight excluding hydrogens is 301 g/mol. The van der Waals surface area contributed by atoms with Gasteiger partial charge in [-0.2, -0.15) is 0 Å². The fraction of sp³-hybridized carbons (Fsp3) is 0.375. The van der Waals surface area contributed by atoms with Crippen molar-refractivity contribution in [2.75, 3.05) is 0 Å². The number of rotatable bonds is 2. The van der Waals surface area contributed by atoms with Gasteiger partial charge in [0.15, 0.2) is 5.75 Å². The summed E-state index contributed by atoms with van der Waals surface area (Å²) in [6, 6.07) is 0. The highest BCUT2D eigenvalue weighted by Gasteiger charge is 2.33. The van der Waals surface area contributed by atoms with E-state index in [4.69, 9.17) is 0 Å². The SMILES string of the molecule is Cc1ncc(OC(F)(F)F)c(Br)c1C(F)F. The third-order valence-corrected chi connectivity index (χ3v) is 2.48. The fourth-order valence-electron chi connectivity index (χ4n) is 1.02. The molecule has 0 aliphatic rings. The molecule has 1 aromatic heterocycles. The number of alkyl halides is 5. The van der Waals surface area contributed by atoms with Crippen LogP contribution in [-0.4, -0.2) is 11.3 Å². The van der Waals surface area contributed by atoms with Crippen molar-refractivity contribution >= 4 is 15.9 Å². The van der Waals surface area contributed by atoms with Crippen molar-refractivity contribution in [2.45, 2.75) is 19.7 Å². The van der Waals surface area contributed by atoms with Crippen LogP contribution >= 0.6 is 15.9 Å². The molecule has 0 aromatic carbocycles. The first-order valence-corrected chi connectivity index (χ1v) is 4.70. The summed E-state index contributed by atoms with van der Waals surface area (Å²) >= 11 is 2.64. The monoisotopic (exact) mass is 305 g/mol. The molecule has 8 heteroatoms. The van der Waals surface area contributed by atoms with E-state index in [0.29, 0.717) is 0 Å². The van der Waals surface area contributed by atoms with Gasteiger partial charge in [-0.05, 0) is 22.9 Å². The molecule has 0 saturated heterocycles. The summed E-state index contributed by atoms with van der Waals surface area (Å²) in [7, 11) is 0. The minimum Gasteiger partial charge on any atom is -0.403 e. The number of pyridine rings is 1. The van der Waals surface area contributed by atoms with Gasteiger partial charge in [0, 0.05) is 5.69 Å². The molecule has 1 rings (SSSR count). The van der Waals surface area contributed by atoms with Crippen LogP contribution in [0.5, 0.6) is 5.75 Å². The Morgan fingerprint density at radius 2 is 1.94 bits per heavy atom. The van der Waals surface area contributed by atoms with Crippen molar-refractivity contribution in [1.29, 1.82) is 0 Å². The maximum absolute atomic E-state index is 12.5. The van der Waals surface area contributed by atoms with Crippen LogP contribution in [-0.2, 0) is 0 Å². The predicted octanol–water partition coefficient (Wildman–Crippen LogP) is 3.99. The molecule has 0 atom stereocenters. The van der Waals surface area contributed by atoms with Gasteiger partial charge in [0.05, 0.1) is 16.2 Å². The average molecular weight is 306 g/mol. The van der Waals surface area contributed by atoms with Gasteiger partial charge in [0.1, 0.15) is 0 Å². The average Bonchev–Trinajstić information content (AvgIpc) is 2.07. The van der Waals surface area contributed by atoms with Crippen molar-refractivity contribution < 1.29 is 26.7 Å². The van der Waals surface area contributed by atoms with E-state index >= 15 is 0 Å². The van der Waals surface area contributed by atoms with Gasteiger partial charge < -0.3 is 4.74 Å². The number of aryl methyl sites for hydroxylation is 1. The summed E-state index contributed by atoms with van der Waals surface area (Å²) in [5.74, 6) is -0.784. The minimum atomic E-state index is -4.95. The lowest BCUT2D eigenvalue weighted by atomic mass is 10.2. The van der Waals surface area contributed by atoms with Gasteiger partial charge in [-0.25, -0.2) is 8.78 Å². The summed E-state index contributed by atoms with van der Waals surface area (Å²) in [5, 5.41) is 0. The Bertz CT molecular complexity index is 393. The molecule has 0 spiro atoms. The smallest absolute Gasteiger partial charge is 0.403 e. The number of ether oxygens (including phenoxy) is 1. The van der Waals surface area contributed by atoms with Crippen molar-refractivity contribution in [1.82, 2.24) is 4.98 Å². The molecule has 1 heterocycles. The first-order valence-electron chi connectivity index (χ1n) is 3.91. The molecule has 2 nitrogen and oxygen atoms in total. The fourth-order valence-corrected chi connectivity index (χ4v) is 1.67. The van der Waals surface area contributed by atoms with Crippen molar-refractivity contribution in [3.8, 4) is 5.75 Å². The van der Waals surface area contributed by atoms with E-state index in [1.165, 1.54) is 6.92 Å². The Labute approximate surface area is 95.6 Å². The third kappa shape index (κ3) is 3.03. The molecule has 90 valence electrons. The van der Waals surface area contributed by atoms with E-state index in [1.54, 1.807) is 0 Å². The molecule has 0 saturated carbocycles. The zero-order valence-electron chi connectivity index (χ0n) is 7.78. The van der Waals surface area contributed by atoms with Crippen LogP contribution in [0.25, 0.3) is 0 Å². The molecule has 0 unspecified atom stereocenters. The van der Waals surface area contributed by atoms with Crippen LogP contribution in [0, 0.1) is 6.92 Å². The van der Waals surface area contributed by atoms with Gasteiger partial charge in [-0.15, -0.1) is 13.2 Å². The summed E-state index contributed by atoms with van der Waals surface area (Å²) in [6.45, 7) is 1.27. The lowest BCUT2D eigenvalue weighted by Crippen LogP contribution is -2.18. The molecule has 0 amide bonds. The number of hydrogen-bond acceptors (Lipinski definition) is 2. The van der Waals surface area contributed by atoms with E-state index in [1.807, 2.05) is 0 Å². The van der Waals surface area contributed by atoms with E-state index in [-0.39, 0.29) is 5.69 Å². The maximum atomic E-state index is 12.5. The molecule has 0 N–H and O–H groups in total. The van der Waals surface area contributed by atoms with Gasteiger partial charge >= 0.3 is 6.36 Å². The number of hydrogen-bond donors (Lipinski definition) is 0. The Morgan fingerprint density at radius 3 is 2.38 bits per heavy atom. The predicted molar refractivity (Wildman–Crippen MR) is 48.3 cm³/mol. The quantitative estimate of drug-likeness (QED) is 0.771. The summed E-state index contributed by atoms with van der Waals surface area (Å²) < 4.78 is 63.8. The molecule has 1 aromatic rings. The Hall–Kier alpha value is -0.920. The third-order valence-electron chi connectivity index (χ3n) is 1.66. The summed E-state index contributed by atoms with van der Waals surface area (Å²) in [4.78, 5) is 3.41. The van der Waals surface area contributed by atoms with Gasteiger partial charge in [-0.1, -0.05) is 0 Å². The largest absolute Gasteiger partial charge is 0.573 e. The summed E-state index contributed by atoms with van der Waals surface area (Å²) in [6.07, 6.45) is -7.14. The van der Waals surface area contributed by atoms with Crippen molar-refractivity contribution in [3.05, 3.63) is 21.9 Å². The number of aromatic nitrogens is 1. The molecular formula is C8H5BrF5NO. The Kier molecular flexibility index (Phi) is 3.72. The molecule has 16 heavy (non-hydrogen) atoms. The molecule has 0 bridgehead atoms. The number of nitrogens with zero attached hydrogens (tertiary/aromatic N) is 1. The highest BCUT2D eigenvalue weighted by atomic mass is 79.9. The number of halogens is 6. The van der Waals surface area contributed by atoms with Crippen LogP contribution < -0.4 is 4.74 Å². The Morgan fingerprint density at radius 1 is 1.38 bits per heavy atom. The van der Waals surface area contributed by atoms with Crippen LogP contribution in [0.15, 0.2) is 10.7 Å². The normalized spacial score (nSPS) is 12.0. The van der Waals surface area contributed by atoms with Crippen LogP contribution in [0.2, 0.25) is 0 Å². The lowest BCUT2D eigenvalue weighted by Gasteiger charge is -2.13. The maximum Gasteiger partial charge on any atom is 0.573 e. The van der Waals surface area contributed by atoms with Crippen molar-refractivity contribution in [3.63, 3.8) is 0 Å². The standard InChI is InChI=1S/C8H5BrF5NO/c1-3-5(7(10)11)6(9)4(2-15-3)16-8(12,13)14/h2,7H,1H3. The van der Waals surface area contributed by atoms with Gasteiger partial charge in [0.25, 0.3) is 6.43 Å². The highest BCUT2D eigenvalue weighted by molar-refractivity contribution is 9.10. The second-order valence-corrected chi connectivity index (χ2v) is 3.58. The van der Waals surface area contributed by atoms with Gasteiger partial charge in [0.2, 0.25) is 0 Å². The van der Waals surface area contributed by atoms with Crippen LogP contribution in [0.1, 0.15) is 17.7 Å². The lowest BCUT2D eigenvalue weighted by molar-refractivity contribution is -0.275. The van der Waals surface area contributed by atoms with Crippen molar-refractivity contribution in [2.24, 2.45) is 0 Å². The van der Waals surface area contributed by atoms with E-state index in [9.17, 15) is 22.0 Å². The Balaban J connectivity index is 3.19. The molecule has 0 aliphatic heterocycles. The van der Waals surface area contributed by atoms with E-state index in [0.717, 1.165) is 6.20 Å². The topological polar surface area (TPSA) is 22.1 Å².